The number of nitrogens with one attached hydrogen (secondary N) is 1. The molecule has 1 N–H and O–H groups in total. The van der Waals surface area contributed by atoms with Gasteiger partial charge in [-0.1, -0.05) is 61.5 Å². The van der Waals surface area contributed by atoms with Gasteiger partial charge in [-0.15, -0.1) is 37.2 Å². The molecule has 0 aromatic heterocycles. The Labute approximate surface area is 292 Å². The number of rotatable bonds is 14. The lowest BCUT2D eigenvalue weighted by Gasteiger charge is -2.36. The molecule has 2 aliphatic heterocycles. The topological polar surface area (TPSA) is 31.0 Å². The van der Waals surface area contributed by atoms with Gasteiger partial charge in [0.25, 0.3) is 0 Å². The van der Waals surface area contributed by atoms with E-state index in [1.807, 2.05) is 17.8 Å². The van der Waals surface area contributed by atoms with Gasteiger partial charge in [0.2, 0.25) is 0 Å². The Kier molecular flexibility index (Phi) is 17.7. The number of unbranched alkanes of at least 4 members (excludes halogenated alkanes) is 1. The summed E-state index contributed by atoms with van der Waals surface area (Å²) < 4.78 is 6.08. The highest BCUT2D eigenvalue weighted by molar-refractivity contribution is 7.99. The molecule has 2 heterocycles. The van der Waals surface area contributed by atoms with E-state index in [1.165, 1.54) is 39.6 Å². The molecule has 10 heteroatoms. The Bertz CT molecular complexity index is 1240. The number of halogens is 4. The third kappa shape index (κ3) is 11.5. The predicted octanol–water partition coefficient (Wildman–Crippen LogP) is 8.62. The zero-order valence-corrected chi connectivity index (χ0v) is 29.9. The van der Waals surface area contributed by atoms with Crippen LogP contribution in [0.15, 0.2) is 76.5 Å². The average Bonchev–Trinajstić information content (AvgIpc) is 2.98. The maximum absolute atomic E-state index is 6.39. The molecule has 5 rings (SSSR count). The van der Waals surface area contributed by atoms with Gasteiger partial charge in [0.15, 0.2) is 0 Å². The van der Waals surface area contributed by atoms with Gasteiger partial charge in [0, 0.05) is 60.1 Å². The number of aryl methyl sites for hydroxylation is 1. The number of piperazine rings is 1. The van der Waals surface area contributed by atoms with Crippen molar-refractivity contribution in [1.29, 1.82) is 0 Å². The van der Waals surface area contributed by atoms with Gasteiger partial charge in [-0.05, 0) is 86.8 Å². The van der Waals surface area contributed by atoms with E-state index in [0.717, 1.165) is 82.6 Å². The minimum absolute atomic E-state index is 0. The summed E-state index contributed by atoms with van der Waals surface area (Å²) in [4.78, 5) is 10.2. The second kappa shape index (κ2) is 20.0. The van der Waals surface area contributed by atoms with E-state index in [2.05, 4.69) is 94.5 Å². The minimum atomic E-state index is 0. The molecule has 0 unspecified atom stereocenters. The lowest BCUT2D eigenvalue weighted by molar-refractivity contribution is 0.116. The normalized spacial score (nSPS) is 14.6. The second-order valence-electron chi connectivity index (χ2n) is 11.4. The molecule has 0 amide bonds. The highest BCUT2D eigenvalue weighted by atomic mass is 35.5. The van der Waals surface area contributed by atoms with E-state index in [-0.39, 0.29) is 37.2 Å². The van der Waals surface area contributed by atoms with Crippen LogP contribution >= 0.6 is 60.6 Å². The quantitative estimate of drug-likeness (QED) is 0.170. The highest BCUT2D eigenvalue weighted by Crippen LogP contribution is 2.48. The summed E-state index contributed by atoms with van der Waals surface area (Å²) in [6, 6.07) is 24.2. The Hall–Kier alpha value is -1.35. The predicted molar refractivity (Wildman–Crippen MR) is 196 cm³/mol. The summed E-state index contributed by atoms with van der Waals surface area (Å²) in [6.07, 6.45) is 4.70. The molecule has 0 spiro atoms. The maximum Gasteiger partial charge on any atom is 0.119 e. The van der Waals surface area contributed by atoms with E-state index in [9.17, 15) is 0 Å². The number of hydrogen-bond donors (Lipinski definition) is 1. The molecule has 44 heavy (non-hydrogen) atoms. The molecular weight excluding hydrogens is 654 g/mol. The van der Waals surface area contributed by atoms with Crippen LogP contribution in [0.25, 0.3) is 0 Å². The van der Waals surface area contributed by atoms with Gasteiger partial charge >= 0.3 is 0 Å². The fraction of sp³-hybridized carbons (Fsp3) is 0.471. The summed E-state index contributed by atoms with van der Waals surface area (Å²) in [7, 11) is 0. The molecule has 0 bridgehead atoms. The minimum Gasteiger partial charge on any atom is -0.492 e. The first-order valence-corrected chi connectivity index (χ1v) is 16.5. The zero-order valence-electron chi connectivity index (χ0n) is 25.9. The molecule has 3 aromatic carbocycles. The van der Waals surface area contributed by atoms with Crippen LogP contribution in [0.5, 0.6) is 5.75 Å². The number of para-hydroxylation sites is 1. The van der Waals surface area contributed by atoms with Crippen LogP contribution in [-0.4, -0.2) is 74.8 Å². The van der Waals surface area contributed by atoms with Crippen molar-refractivity contribution in [2.24, 2.45) is 0 Å². The molecule has 0 aliphatic carbocycles. The maximum atomic E-state index is 6.39. The number of anilines is 2. The molecule has 3 aromatic rings. The SMILES string of the molecule is CC(C)NCCCCc1ccc(OCCN2CCN(CCCN3c4ccccc4Sc4ccc(Cl)cc43)CC2)cc1.Cl.Cl.Cl. The first-order valence-electron chi connectivity index (χ1n) is 15.3. The Morgan fingerprint density at radius 3 is 2.18 bits per heavy atom. The largest absolute Gasteiger partial charge is 0.492 e. The number of nitrogens with zero attached hydrogens (tertiary/aromatic N) is 3. The number of benzene rings is 3. The lowest BCUT2D eigenvalue weighted by atomic mass is 10.1. The van der Waals surface area contributed by atoms with Crippen molar-refractivity contribution in [1.82, 2.24) is 15.1 Å². The van der Waals surface area contributed by atoms with Crippen LogP contribution < -0.4 is 15.0 Å². The summed E-state index contributed by atoms with van der Waals surface area (Å²) in [5, 5.41) is 4.29. The number of hydrogen-bond acceptors (Lipinski definition) is 6. The van der Waals surface area contributed by atoms with Crippen LogP contribution in [0, 0.1) is 0 Å². The second-order valence-corrected chi connectivity index (χ2v) is 12.9. The van der Waals surface area contributed by atoms with Crippen LogP contribution in [0.1, 0.15) is 38.7 Å². The van der Waals surface area contributed by atoms with Crippen molar-refractivity contribution >= 4 is 72.0 Å². The third-order valence-electron chi connectivity index (χ3n) is 7.95. The van der Waals surface area contributed by atoms with Gasteiger partial charge in [-0.3, -0.25) is 4.90 Å². The summed E-state index contributed by atoms with van der Waals surface area (Å²) in [6.45, 7) is 13.8. The van der Waals surface area contributed by atoms with Gasteiger partial charge in [-0.2, -0.15) is 0 Å². The first-order chi connectivity index (χ1) is 20.0. The van der Waals surface area contributed by atoms with Crippen molar-refractivity contribution in [2.45, 2.75) is 55.4 Å². The van der Waals surface area contributed by atoms with Gasteiger partial charge in [0.1, 0.15) is 12.4 Å². The smallest absolute Gasteiger partial charge is 0.119 e. The Balaban J connectivity index is 0.00000225. The summed E-state index contributed by atoms with van der Waals surface area (Å²) in [5.74, 6) is 0.981. The number of ether oxygens (including phenoxy) is 1. The molecule has 0 saturated carbocycles. The summed E-state index contributed by atoms with van der Waals surface area (Å²) in [5.41, 5.74) is 3.92. The fourth-order valence-electron chi connectivity index (χ4n) is 5.62. The average molecular weight is 703 g/mol. The molecular formula is C34H48Cl4N4OS. The van der Waals surface area contributed by atoms with Crippen molar-refractivity contribution < 1.29 is 4.74 Å². The van der Waals surface area contributed by atoms with E-state index in [1.54, 1.807) is 0 Å². The van der Waals surface area contributed by atoms with E-state index in [4.69, 9.17) is 16.3 Å². The van der Waals surface area contributed by atoms with Crippen molar-refractivity contribution in [3.63, 3.8) is 0 Å². The Morgan fingerprint density at radius 1 is 0.773 bits per heavy atom. The fourth-order valence-corrected chi connectivity index (χ4v) is 6.86. The van der Waals surface area contributed by atoms with Crippen molar-refractivity contribution in [3.8, 4) is 5.75 Å². The third-order valence-corrected chi connectivity index (χ3v) is 9.32. The van der Waals surface area contributed by atoms with Gasteiger partial charge in [0.05, 0.1) is 11.4 Å². The number of fused-ring (bicyclic) bond motifs is 2. The van der Waals surface area contributed by atoms with E-state index < -0.39 is 0 Å². The van der Waals surface area contributed by atoms with Crippen molar-refractivity contribution in [2.75, 3.05) is 63.9 Å². The Morgan fingerprint density at radius 2 is 1.45 bits per heavy atom. The monoisotopic (exact) mass is 700 g/mol. The molecule has 5 nitrogen and oxygen atoms in total. The van der Waals surface area contributed by atoms with Crippen LogP contribution in [0.3, 0.4) is 0 Å². The van der Waals surface area contributed by atoms with Gasteiger partial charge in [-0.25, -0.2) is 0 Å². The molecule has 0 atom stereocenters. The lowest BCUT2D eigenvalue weighted by Crippen LogP contribution is -2.47. The molecule has 1 fully saturated rings. The standard InChI is InChI=1S/C34H45ClN4OS.3ClH/c1-27(2)36-17-6-5-8-28-11-14-30(15-12-28)40-25-24-38-22-20-37(21-23-38)18-7-19-39-31-9-3-4-10-33(31)41-34-16-13-29(35)26-32(34)39;;;/h3-4,9-16,26-27,36H,5-8,17-25H2,1-2H3;3*1H. The van der Waals surface area contributed by atoms with E-state index in [0.29, 0.717) is 6.04 Å². The van der Waals surface area contributed by atoms with Crippen LogP contribution in [-0.2, 0) is 6.42 Å². The molecule has 1 saturated heterocycles. The molecule has 2 aliphatic rings. The summed E-state index contributed by atoms with van der Waals surface area (Å²) >= 11 is 8.23. The van der Waals surface area contributed by atoms with Crippen LogP contribution in [0.4, 0.5) is 11.4 Å². The molecule has 244 valence electrons. The highest BCUT2D eigenvalue weighted by Gasteiger charge is 2.24. The van der Waals surface area contributed by atoms with Gasteiger partial charge < -0.3 is 19.9 Å². The van der Waals surface area contributed by atoms with E-state index >= 15 is 0 Å². The molecule has 0 radical (unpaired) electrons. The zero-order chi connectivity index (χ0) is 28.4. The van der Waals surface area contributed by atoms with Crippen LogP contribution in [0.2, 0.25) is 5.02 Å². The first kappa shape index (κ1) is 38.8. The van der Waals surface area contributed by atoms with Crippen molar-refractivity contribution in [3.05, 3.63) is 77.3 Å².